The zero-order chi connectivity index (χ0) is 9.61. The number of hydrogen-bond acceptors (Lipinski definition) is 2. The maximum Gasteiger partial charge on any atom is 0.311 e. The van der Waals surface area contributed by atoms with Crippen LogP contribution in [0.2, 0.25) is 0 Å². The predicted molar refractivity (Wildman–Crippen MR) is 47.0 cm³/mol. The van der Waals surface area contributed by atoms with E-state index in [4.69, 9.17) is 10.2 Å². The SMILES string of the molecule is CCCC(CO)(CCC)C(=O)O. The van der Waals surface area contributed by atoms with Crippen molar-refractivity contribution in [3.63, 3.8) is 0 Å². The lowest BCUT2D eigenvalue weighted by Gasteiger charge is -2.25. The van der Waals surface area contributed by atoms with Gasteiger partial charge in [-0.3, -0.25) is 4.79 Å². The van der Waals surface area contributed by atoms with Gasteiger partial charge in [0.25, 0.3) is 0 Å². The summed E-state index contributed by atoms with van der Waals surface area (Å²) in [5, 5.41) is 18.0. The molecule has 2 N–H and O–H groups in total. The van der Waals surface area contributed by atoms with E-state index in [2.05, 4.69) is 0 Å². The van der Waals surface area contributed by atoms with Gasteiger partial charge in [-0.15, -0.1) is 0 Å². The van der Waals surface area contributed by atoms with E-state index in [-0.39, 0.29) is 6.61 Å². The Kier molecular flexibility index (Phi) is 4.90. The molecule has 0 unspecified atom stereocenters. The van der Waals surface area contributed by atoms with Crippen LogP contribution in [0.4, 0.5) is 0 Å². The van der Waals surface area contributed by atoms with E-state index in [0.717, 1.165) is 12.8 Å². The molecule has 72 valence electrons. The molecule has 3 heteroatoms. The first-order valence-electron chi connectivity index (χ1n) is 4.47. The highest BCUT2D eigenvalue weighted by Gasteiger charge is 2.35. The van der Waals surface area contributed by atoms with Crippen molar-refractivity contribution in [2.45, 2.75) is 39.5 Å². The van der Waals surface area contributed by atoms with Crippen LogP contribution in [0.25, 0.3) is 0 Å². The number of hydrogen-bond donors (Lipinski definition) is 2. The summed E-state index contributed by atoms with van der Waals surface area (Å²) in [4.78, 5) is 10.9. The molecule has 0 fully saturated rings. The largest absolute Gasteiger partial charge is 0.481 e. The maximum absolute atomic E-state index is 10.9. The molecule has 0 aromatic heterocycles. The standard InChI is InChI=1S/C9H18O3/c1-3-5-9(7-10,6-4-2)8(11)12/h10H,3-7H2,1-2H3,(H,11,12). The third-order valence-electron chi connectivity index (χ3n) is 2.21. The molecule has 0 aliphatic heterocycles. The molecule has 0 rings (SSSR count). The summed E-state index contributed by atoms with van der Waals surface area (Å²) in [7, 11) is 0. The molecule has 0 aliphatic carbocycles. The van der Waals surface area contributed by atoms with Crippen LogP contribution in [0.1, 0.15) is 39.5 Å². The summed E-state index contributed by atoms with van der Waals surface area (Å²) in [6.45, 7) is 3.62. The van der Waals surface area contributed by atoms with Crippen LogP contribution < -0.4 is 0 Å². The van der Waals surface area contributed by atoms with E-state index < -0.39 is 11.4 Å². The van der Waals surface area contributed by atoms with Gasteiger partial charge in [-0.05, 0) is 12.8 Å². The van der Waals surface area contributed by atoms with Crippen LogP contribution >= 0.6 is 0 Å². The lowest BCUT2D eigenvalue weighted by Crippen LogP contribution is -2.34. The summed E-state index contributed by atoms with van der Waals surface area (Å²) < 4.78 is 0. The number of aliphatic hydroxyl groups is 1. The van der Waals surface area contributed by atoms with Gasteiger partial charge in [-0.2, -0.15) is 0 Å². The summed E-state index contributed by atoms with van der Waals surface area (Å²) in [5.41, 5.74) is -0.885. The number of carboxylic acids is 1. The van der Waals surface area contributed by atoms with Gasteiger partial charge in [-0.1, -0.05) is 26.7 Å². The maximum atomic E-state index is 10.9. The van der Waals surface area contributed by atoms with E-state index in [9.17, 15) is 4.79 Å². The molecular formula is C9H18O3. The van der Waals surface area contributed by atoms with Crippen LogP contribution in [0.3, 0.4) is 0 Å². The minimum Gasteiger partial charge on any atom is -0.481 e. The van der Waals surface area contributed by atoms with Gasteiger partial charge in [0.15, 0.2) is 0 Å². The van der Waals surface area contributed by atoms with E-state index >= 15 is 0 Å². The first-order valence-corrected chi connectivity index (χ1v) is 4.47. The van der Waals surface area contributed by atoms with E-state index in [0.29, 0.717) is 12.8 Å². The van der Waals surface area contributed by atoms with Crippen molar-refractivity contribution in [3.05, 3.63) is 0 Å². The summed E-state index contributed by atoms with van der Waals surface area (Å²) in [6.07, 6.45) is 2.72. The fourth-order valence-corrected chi connectivity index (χ4v) is 1.52. The molecule has 0 amide bonds. The number of aliphatic carboxylic acids is 1. The molecule has 0 saturated carbocycles. The lowest BCUT2D eigenvalue weighted by atomic mass is 9.80. The third kappa shape index (κ3) is 2.48. The molecule has 0 radical (unpaired) electrons. The predicted octanol–water partition coefficient (Wildman–Crippen LogP) is 1.65. The zero-order valence-electron chi connectivity index (χ0n) is 7.84. The van der Waals surface area contributed by atoms with Crippen molar-refractivity contribution < 1.29 is 15.0 Å². The Morgan fingerprint density at radius 3 is 1.83 bits per heavy atom. The van der Waals surface area contributed by atoms with Crippen LogP contribution in [-0.2, 0) is 4.79 Å². The topological polar surface area (TPSA) is 57.5 Å². The number of aliphatic hydroxyl groups excluding tert-OH is 1. The van der Waals surface area contributed by atoms with Crippen molar-refractivity contribution in [1.29, 1.82) is 0 Å². The monoisotopic (exact) mass is 174 g/mol. The number of carbonyl (C=O) groups is 1. The Balaban J connectivity index is 4.39. The van der Waals surface area contributed by atoms with Gasteiger partial charge in [0, 0.05) is 0 Å². The Hall–Kier alpha value is -0.570. The molecular weight excluding hydrogens is 156 g/mol. The molecule has 0 saturated heterocycles. The minimum atomic E-state index is -0.885. The van der Waals surface area contributed by atoms with Gasteiger partial charge >= 0.3 is 5.97 Å². The van der Waals surface area contributed by atoms with E-state index in [1.807, 2.05) is 13.8 Å². The van der Waals surface area contributed by atoms with Crippen molar-refractivity contribution in [2.24, 2.45) is 5.41 Å². The van der Waals surface area contributed by atoms with Gasteiger partial charge in [0.05, 0.1) is 12.0 Å². The summed E-state index contributed by atoms with van der Waals surface area (Å²) in [6, 6.07) is 0. The van der Waals surface area contributed by atoms with Crippen LogP contribution in [-0.4, -0.2) is 22.8 Å². The molecule has 0 aromatic carbocycles. The molecule has 0 atom stereocenters. The van der Waals surface area contributed by atoms with Gasteiger partial charge in [0.2, 0.25) is 0 Å². The molecule has 0 bridgehead atoms. The van der Waals surface area contributed by atoms with Crippen molar-refractivity contribution in [3.8, 4) is 0 Å². The minimum absolute atomic E-state index is 0.246. The Morgan fingerprint density at radius 2 is 1.67 bits per heavy atom. The second kappa shape index (κ2) is 5.14. The van der Waals surface area contributed by atoms with Crippen LogP contribution in [0.5, 0.6) is 0 Å². The third-order valence-corrected chi connectivity index (χ3v) is 2.21. The lowest BCUT2D eigenvalue weighted by molar-refractivity contribution is -0.152. The van der Waals surface area contributed by atoms with E-state index in [1.54, 1.807) is 0 Å². The van der Waals surface area contributed by atoms with Crippen molar-refractivity contribution >= 4 is 5.97 Å². The highest BCUT2D eigenvalue weighted by Crippen LogP contribution is 2.29. The molecule has 3 nitrogen and oxygen atoms in total. The molecule has 0 aliphatic rings. The number of carboxylic acid groups (broad SMARTS) is 1. The van der Waals surface area contributed by atoms with Crippen LogP contribution in [0, 0.1) is 5.41 Å². The summed E-state index contributed by atoms with van der Waals surface area (Å²) >= 11 is 0. The normalized spacial score (nSPS) is 11.6. The molecule has 0 aromatic rings. The Morgan fingerprint density at radius 1 is 1.25 bits per heavy atom. The fraction of sp³-hybridized carbons (Fsp3) is 0.889. The van der Waals surface area contributed by atoms with Gasteiger partial charge in [-0.25, -0.2) is 0 Å². The quantitative estimate of drug-likeness (QED) is 0.643. The molecule has 0 spiro atoms. The average molecular weight is 174 g/mol. The second-order valence-electron chi connectivity index (χ2n) is 3.24. The smallest absolute Gasteiger partial charge is 0.311 e. The highest BCUT2D eigenvalue weighted by atomic mass is 16.4. The Labute approximate surface area is 73.4 Å². The Bertz CT molecular complexity index is 137. The second-order valence-corrected chi connectivity index (χ2v) is 3.24. The van der Waals surface area contributed by atoms with Crippen molar-refractivity contribution in [1.82, 2.24) is 0 Å². The zero-order valence-corrected chi connectivity index (χ0v) is 7.84. The molecule has 12 heavy (non-hydrogen) atoms. The number of rotatable bonds is 6. The fourth-order valence-electron chi connectivity index (χ4n) is 1.52. The van der Waals surface area contributed by atoms with Gasteiger partial charge < -0.3 is 10.2 Å². The van der Waals surface area contributed by atoms with Crippen molar-refractivity contribution in [2.75, 3.05) is 6.61 Å². The van der Waals surface area contributed by atoms with E-state index in [1.165, 1.54) is 0 Å². The summed E-state index contributed by atoms with van der Waals surface area (Å²) in [5.74, 6) is -0.867. The highest BCUT2D eigenvalue weighted by molar-refractivity contribution is 5.74. The molecule has 0 heterocycles. The average Bonchev–Trinajstić information content (AvgIpc) is 2.03. The first-order chi connectivity index (χ1) is 5.63. The first kappa shape index (κ1) is 11.4. The van der Waals surface area contributed by atoms with Gasteiger partial charge in [0.1, 0.15) is 0 Å². The van der Waals surface area contributed by atoms with Crippen LogP contribution in [0.15, 0.2) is 0 Å².